The Morgan fingerprint density at radius 1 is 1.43 bits per heavy atom. The molecule has 8 heteroatoms. The topological polar surface area (TPSA) is 96.7 Å². The number of hydrogen-bond donors (Lipinski definition) is 2. The van der Waals surface area contributed by atoms with E-state index in [1.807, 2.05) is 0 Å². The lowest BCUT2D eigenvalue weighted by Crippen LogP contribution is -2.44. The third kappa shape index (κ3) is 4.90. The van der Waals surface area contributed by atoms with Crippen molar-refractivity contribution in [2.24, 2.45) is 0 Å². The molecule has 1 aliphatic rings. The van der Waals surface area contributed by atoms with Crippen LogP contribution in [0.1, 0.15) is 16.8 Å². The van der Waals surface area contributed by atoms with Gasteiger partial charge in [-0.3, -0.25) is 14.9 Å². The number of rotatable bonds is 7. The van der Waals surface area contributed by atoms with Gasteiger partial charge in [-0.25, -0.2) is 0 Å². The predicted molar refractivity (Wildman–Crippen MR) is 85.9 cm³/mol. The molecule has 1 amide bonds. The van der Waals surface area contributed by atoms with Crippen LogP contribution in [0.5, 0.6) is 5.75 Å². The largest absolute Gasteiger partial charge is 0.490 e. The molecule has 0 bridgehead atoms. The van der Waals surface area contributed by atoms with E-state index in [2.05, 4.69) is 15.5 Å². The number of methoxy groups -OCH3 is 1. The van der Waals surface area contributed by atoms with E-state index < -0.39 is 4.92 Å². The summed E-state index contributed by atoms with van der Waals surface area (Å²) in [5.41, 5.74) is 0.0561. The van der Waals surface area contributed by atoms with E-state index in [0.29, 0.717) is 6.54 Å². The molecule has 2 rings (SSSR count). The Labute approximate surface area is 134 Å². The molecule has 0 aromatic heterocycles. The predicted octanol–water partition coefficient (Wildman–Crippen LogP) is 0.629. The van der Waals surface area contributed by atoms with Crippen LogP contribution in [0, 0.1) is 10.1 Å². The fraction of sp³-hybridized carbons (Fsp3) is 0.533. The molecule has 23 heavy (non-hydrogen) atoms. The van der Waals surface area contributed by atoms with Crippen molar-refractivity contribution in [3.05, 3.63) is 33.9 Å². The normalized spacial score (nSPS) is 15.2. The van der Waals surface area contributed by atoms with Gasteiger partial charge >= 0.3 is 5.69 Å². The number of carbonyl (C=O) groups excluding carboxylic acids is 1. The van der Waals surface area contributed by atoms with Crippen molar-refractivity contribution >= 4 is 11.6 Å². The summed E-state index contributed by atoms with van der Waals surface area (Å²) in [7, 11) is 1.36. The van der Waals surface area contributed by atoms with E-state index in [1.54, 1.807) is 0 Å². The van der Waals surface area contributed by atoms with Gasteiger partial charge in [0, 0.05) is 44.4 Å². The highest BCUT2D eigenvalue weighted by molar-refractivity contribution is 5.95. The van der Waals surface area contributed by atoms with E-state index in [0.717, 1.165) is 39.1 Å². The summed E-state index contributed by atoms with van der Waals surface area (Å²) in [5.74, 6) is -0.165. The molecular formula is C15H22N4O4. The summed E-state index contributed by atoms with van der Waals surface area (Å²) < 4.78 is 4.92. The van der Waals surface area contributed by atoms with Crippen LogP contribution in [0.15, 0.2) is 18.2 Å². The fourth-order valence-electron chi connectivity index (χ4n) is 2.52. The van der Waals surface area contributed by atoms with Crippen LogP contribution in [0.2, 0.25) is 0 Å². The number of nitro groups is 1. The van der Waals surface area contributed by atoms with Crippen LogP contribution in [0.3, 0.4) is 0 Å². The first-order chi connectivity index (χ1) is 11.1. The van der Waals surface area contributed by atoms with Crippen molar-refractivity contribution in [2.75, 3.05) is 46.4 Å². The number of nitro benzene ring substituents is 1. The summed E-state index contributed by atoms with van der Waals surface area (Å²) in [6.07, 6.45) is 0.851. The summed E-state index contributed by atoms with van der Waals surface area (Å²) in [4.78, 5) is 24.8. The zero-order valence-electron chi connectivity index (χ0n) is 13.2. The first-order valence-electron chi connectivity index (χ1n) is 7.65. The lowest BCUT2D eigenvalue weighted by Gasteiger charge is -2.27. The number of carbonyl (C=O) groups is 1. The van der Waals surface area contributed by atoms with Crippen LogP contribution in [-0.2, 0) is 0 Å². The van der Waals surface area contributed by atoms with E-state index >= 15 is 0 Å². The van der Waals surface area contributed by atoms with Crippen molar-refractivity contribution in [3.63, 3.8) is 0 Å². The van der Waals surface area contributed by atoms with Gasteiger partial charge in [0.1, 0.15) is 0 Å². The highest BCUT2D eigenvalue weighted by Crippen LogP contribution is 2.27. The van der Waals surface area contributed by atoms with Crippen LogP contribution in [0.4, 0.5) is 5.69 Å². The SMILES string of the molecule is COc1ccc(C(=O)NCCCN2CCNCC2)cc1[N+](=O)[O-]. The second kappa shape index (κ2) is 8.44. The Morgan fingerprint density at radius 2 is 2.17 bits per heavy atom. The standard InChI is InChI=1S/C15H22N4O4/c1-23-14-4-3-12(11-13(14)19(21)22)15(20)17-5-2-8-18-9-6-16-7-10-18/h3-4,11,16H,2,5-10H2,1H3,(H,17,20). The second-order valence-electron chi connectivity index (χ2n) is 5.34. The van der Waals surface area contributed by atoms with Gasteiger partial charge in [0.15, 0.2) is 5.75 Å². The maximum absolute atomic E-state index is 12.1. The number of nitrogens with one attached hydrogen (secondary N) is 2. The highest BCUT2D eigenvalue weighted by Gasteiger charge is 2.18. The average molecular weight is 322 g/mol. The minimum absolute atomic E-state index is 0.144. The number of benzene rings is 1. The molecule has 0 unspecified atom stereocenters. The van der Waals surface area contributed by atoms with Gasteiger partial charge < -0.3 is 20.3 Å². The summed E-state index contributed by atoms with van der Waals surface area (Å²) in [5, 5.41) is 17.1. The van der Waals surface area contributed by atoms with E-state index in [9.17, 15) is 14.9 Å². The van der Waals surface area contributed by atoms with Crippen molar-refractivity contribution in [1.82, 2.24) is 15.5 Å². The molecule has 0 spiro atoms. The lowest BCUT2D eigenvalue weighted by atomic mass is 10.1. The molecule has 1 aromatic rings. The molecule has 1 fully saturated rings. The Balaban J connectivity index is 1.83. The number of nitrogens with zero attached hydrogens (tertiary/aromatic N) is 2. The van der Waals surface area contributed by atoms with E-state index in [1.165, 1.54) is 25.3 Å². The van der Waals surface area contributed by atoms with Crippen LogP contribution in [0.25, 0.3) is 0 Å². The summed E-state index contributed by atoms with van der Waals surface area (Å²) in [6, 6.07) is 4.20. The quantitative estimate of drug-likeness (QED) is 0.434. The Morgan fingerprint density at radius 3 is 2.83 bits per heavy atom. The average Bonchev–Trinajstić information content (AvgIpc) is 2.58. The Kier molecular flexibility index (Phi) is 6.30. The van der Waals surface area contributed by atoms with Gasteiger partial charge in [0.25, 0.3) is 5.91 Å². The van der Waals surface area contributed by atoms with Crippen molar-refractivity contribution < 1.29 is 14.5 Å². The van der Waals surface area contributed by atoms with Gasteiger partial charge in [0.2, 0.25) is 0 Å². The van der Waals surface area contributed by atoms with Crippen molar-refractivity contribution in [3.8, 4) is 5.75 Å². The minimum atomic E-state index is -0.556. The van der Waals surface area contributed by atoms with Gasteiger partial charge in [-0.15, -0.1) is 0 Å². The molecule has 1 aliphatic heterocycles. The molecule has 0 radical (unpaired) electrons. The van der Waals surface area contributed by atoms with E-state index in [4.69, 9.17) is 4.74 Å². The molecule has 0 saturated carbocycles. The summed E-state index contributed by atoms with van der Waals surface area (Å²) >= 11 is 0. The zero-order chi connectivity index (χ0) is 16.7. The highest BCUT2D eigenvalue weighted by atomic mass is 16.6. The lowest BCUT2D eigenvalue weighted by molar-refractivity contribution is -0.385. The third-order valence-corrected chi connectivity index (χ3v) is 3.78. The van der Waals surface area contributed by atoms with Gasteiger partial charge in [-0.05, 0) is 25.1 Å². The maximum Gasteiger partial charge on any atom is 0.311 e. The van der Waals surface area contributed by atoms with Crippen LogP contribution >= 0.6 is 0 Å². The molecule has 8 nitrogen and oxygen atoms in total. The van der Waals surface area contributed by atoms with Crippen molar-refractivity contribution in [2.45, 2.75) is 6.42 Å². The van der Waals surface area contributed by atoms with Crippen LogP contribution < -0.4 is 15.4 Å². The first-order valence-corrected chi connectivity index (χ1v) is 7.65. The first kappa shape index (κ1) is 17.2. The van der Waals surface area contributed by atoms with E-state index in [-0.39, 0.29) is 22.9 Å². The fourth-order valence-corrected chi connectivity index (χ4v) is 2.52. The molecule has 1 aromatic carbocycles. The van der Waals surface area contributed by atoms with Gasteiger partial charge in [-0.2, -0.15) is 0 Å². The van der Waals surface area contributed by atoms with Gasteiger partial charge in [0.05, 0.1) is 12.0 Å². The van der Waals surface area contributed by atoms with Gasteiger partial charge in [-0.1, -0.05) is 0 Å². The second-order valence-corrected chi connectivity index (χ2v) is 5.34. The molecule has 0 atom stereocenters. The number of ether oxygens (including phenoxy) is 1. The number of amides is 1. The molecular weight excluding hydrogens is 300 g/mol. The molecule has 126 valence electrons. The number of piperazine rings is 1. The Bertz CT molecular complexity index is 558. The summed E-state index contributed by atoms with van der Waals surface area (Å²) in [6.45, 7) is 5.54. The molecule has 2 N–H and O–H groups in total. The van der Waals surface area contributed by atoms with Crippen molar-refractivity contribution in [1.29, 1.82) is 0 Å². The minimum Gasteiger partial charge on any atom is -0.490 e. The van der Waals surface area contributed by atoms with Crippen LogP contribution in [-0.4, -0.2) is 62.1 Å². The Hall–Kier alpha value is -2.19. The zero-order valence-corrected chi connectivity index (χ0v) is 13.2. The maximum atomic E-state index is 12.1. The monoisotopic (exact) mass is 322 g/mol. The molecule has 0 aliphatic carbocycles. The number of hydrogen-bond acceptors (Lipinski definition) is 6. The third-order valence-electron chi connectivity index (χ3n) is 3.78. The smallest absolute Gasteiger partial charge is 0.311 e. The molecule has 1 heterocycles. The molecule has 1 saturated heterocycles.